The summed E-state index contributed by atoms with van der Waals surface area (Å²) in [5, 5.41) is 1.18. The Morgan fingerprint density at radius 3 is 2.45 bits per heavy atom. The first-order chi connectivity index (χ1) is 13.8. The van der Waals surface area contributed by atoms with Crippen LogP contribution in [0.4, 0.5) is 0 Å². The van der Waals surface area contributed by atoms with E-state index >= 15 is 0 Å². The molecule has 0 bridgehead atoms. The molecule has 4 rings (SSSR count). The summed E-state index contributed by atoms with van der Waals surface area (Å²) in [5.74, 6) is 6.25. The van der Waals surface area contributed by atoms with Crippen LogP contribution < -0.4 is 0 Å². The predicted molar refractivity (Wildman–Crippen MR) is 124 cm³/mol. The molecular weight excluding hydrogens is 371 g/mol. The third-order valence-electron chi connectivity index (χ3n) is 10.6. The average molecular weight is 417 g/mol. The number of hydrogen-bond donors (Lipinski definition) is 0. The van der Waals surface area contributed by atoms with Gasteiger partial charge in [-0.25, -0.2) is 0 Å². The fourth-order valence-corrected chi connectivity index (χ4v) is 9.39. The van der Waals surface area contributed by atoms with E-state index in [1.807, 2.05) is 0 Å². The minimum absolute atomic E-state index is 0.282. The highest BCUT2D eigenvalue weighted by atomic mass is 31.1. The van der Waals surface area contributed by atoms with Crippen LogP contribution in [0, 0.1) is 52.3 Å². The largest absolute Gasteiger partial charge is 0.270 e. The van der Waals surface area contributed by atoms with Crippen LogP contribution in [0.15, 0.2) is 11.4 Å². The van der Waals surface area contributed by atoms with Crippen LogP contribution in [-0.4, -0.2) is 0 Å². The Morgan fingerprint density at radius 1 is 0.966 bits per heavy atom. The Balaban J connectivity index is 1.48. The fraction of sp³-hybridized carbons (Fsp3) is 0.926. The molecule has 0 radical (unpaired) electrons. The van der Waals surface area contributed by atoms with Crippen molar-refractivity contribution in [2.24, 2.45) is 52.3 Å². The normalized spacial score (nSPS) is 45.4. The first-order valence-electron chi connectivity index (χ1n) is 12.8. The lowest BCUT2D eigenvalue weighted by Crippen LogP contribution is -2.52. The maximum atomic E-state index is 11.5. The van der Waals surface area contributed by atoms with E-state index in [9.17, 15) is 4.57 Å². The van der Waals surface area contributed by atoms with Gasteiger partial charge in [-0.1, -0.05) is 60.0 Å². The summed E-state index contributed by atoms with van der Waals surface area (Å²) in [4.78, 5) is 0. The number of fused-ring (bicyclic) bond motifs is 5. The van der Waals surface area contributed by atoms with Gasteiger partial charge in [0.1, 0.15) is 0 Å². The lowest BCUT2D eigenvalue weighted by Gasteiger charge is -2.60. The van der Waals surface area contributed by atoms with E-state index in [1.54, 1.807) is 0 Å². The Kier molecular flexibility index (Phi) is 6.39. The third-order valence-corrected chi connectivity index (χ3v) is 11.2. The predicted octanol–water partition coefficient (Wildman–Crippen LogP) is 8.89. The topological polar surface area (TPSA) is 17.1 Å². The van der Waals surface area contributed by atoms with Crippen molar-refractivity contribution in [2.75, 3.05) is 0 Å². The van der Waals surface area contributed by atoms with Crippen LogP contribution in [0.3, 0.4) is 0 Å². The van der Waals surface area contributed by atoms with Gasteiger partial charge in [0.2, 0.25) is 0 Å². The molecule has 0 amide bonds. The van der Waals surface area contributed by atoms with Gasteiger partial charge < -0.3 is 0 Å². The highest BCUT2D eigenvalue weighted by molar-refractivity contribution is 7.29. The van der Waals surface area contributed by atoms with Crippen LogP contribution in [0.1, 0.15) is 105 Å². The summed E-state index contributed by atoms with van der Waals surface area (Å²) in [6, 6.07) is 0. The minimum Gasteiger partial charge on any atom is -0.270 e. The van der Waals surface area contributed by atoms with Crippen molar-refractivity contribution in [3.8, 4) is 0 Å². The molecule has 2 heteroatoms. The fourth-order valence-electron chi connectivity index (χ4n) is 8.94. The van der Waals surface area contributed by atoms with Crippen LogP contribution in [0.5, 0.6) is 0 Å². The highest BCUT2D eigenvalue weighted by Crippen LogP contribution is 2.68. The van der Waals surface area contributed by atoms with Crippen molar-refractivity contribution < 1.29 is 4.57 Å². The lowest BCUT2D eigenvalue weighted by atomic mass is 9.45. The van der Waals surface area contributed by atoms with Crippen molar-refractivity contribution in [1.29, 1.82) is 0 Å². The lowest BCUT2D eigenvalue weighted by molar-refractivity contribution is -0.0957. The van der Waals surface area contributed by atoms with Crippen LogP contribution in [0.2, 0.25) is 0 Å². The second-order valence-corrected chi connectivity index (χ2v) is 13.1. The molecular formula is C27H45OP. The zero-order valence-electron chi connectivity index (χ0n) is 19.8. The van der Waals surface area contributed by atoms with Gasteiger partial charge in [0.05, 0.1) is 0 Å². The highest BCUT2D eigenvalue weighted by Gasteiger charge is 2.59. The standard InChI is InChI=1S/C27H45OP/c1-18(2)7-6-8-19(3)23-11-12-24-22-10-9-20-17-21(29-28)13-15-26(20,4)25(22)14-16-27(23,24)5/h17-20,22-25H,6-16H2,1-5H3/t19-,20?,22?,23-,24?,25?,26+,27-/m1/s1. The van der Waals surface area contributed by atoms with Crippen LogP contribution in [-0.2, 0) is 4.57 Å². The van der Waals surface area contributed by atoms with Gasteiger partial charge in [-0.2, -0.15) is 0 Å². The summed E-state index contributed by atoms with van der Waals surface area (Å²) >= 11 is 0. The summed E-state index contributed by atoms with van der Waals surface area (Å²) in [5.41, 5.74) is 1.07. The quantitative estimate of drug-likeness (QED) is 0.395. The molecule has 0 aliphatic heterocycles. The molecule has 0 aromatic rings. The van der Waals surface area contributed by atoms with Crippen molar-refractivity contribution in [1.82, 2.24) is 0 Å². The Bertz CT molecular complexity index is 638. The maximum absolute atomic E-state index is 11.5. The van der Waals surface area contributed by atoms with E-state index < -0.39 is 0 Å². The monoisotopic (exact) mass is 416 g/mol. The molecule has 0 N–H and O–H groups in total. The zero-order valence-corrected chi connectivity index (χ0v) is 20.6. The first-order valence-corrected chi connectivity index (χ1v) is 13.6. The molecule has 3 fully saturated rings. The molecule has 4 unspecified atom stereocenters. The SMILES string of the molecule is CC(C)CCC[C@@H](C)[C@H]1CCC2C3CCC4C=C(P=O)CC[C@]4(C)C3CC[C@@]21C. The van der Waals surface area contributed by atoms with Crippen molar-refractivity contribution in [2.45, 2.75) is 105 Å². The van der Waals surface area contributed by atoms with E-state index in [2.05, 4.69) is 40.7 Å². The van der Waals surface area contributed by atoms with E-state index in [1.165, 1.54) is 69.5 Å². The van der Waals surface area contributed by atoms with E-state index in [-0.39, 0.29) is 8.46 Å². The summed E-state index contributed by atoms with van der Waals surface area (Å²) in [6.07, 6.45) is 17.7. The summed E-state index contributed by atoms with van der Waals surface area (Å²) in [6.45, 7) is 12.6. The summed E-state index contributed by atoms with van der Waals surface area (Å²) < 4.78 is 11.5. The number of allylic oxidation sites excluding steroid dienone is 2. The van der Waals surface area contributed by atoms with Gasteiger partial charge in [-0.05, 0) is 104 Å². The van der Waals surface area contributed by atoms with E-state index in [0.29, 0.717) is 16.7 Å². The van der Waals surface area contributed by atoms with Crippen molar-refractivity contribution in [3.63, 3.8) is 0 Å². The first kappa shape index (κ1) is 22.0. The molecule has 29 heavy (non-hydrogen) atoms. The summed E-state index contributed by atoms with van der Waals surface area (Å²) in [7, 11) is 0.282. The molecule has 0 aromatic carbocycles. The zero-order chi connectivity index (χ0) is 20.8. The Morgan fingerprint density at radius 2 is 1.72 bits per heavy atom. The van der Waals surface area contributed by atoms with Gasteiger partial charge in [0.25, 0.3) is 0 Å². The molecule has 0 saturated heterocycles. The number of rotatable bonds is 6. The molecule has 0 heterocycles. The van der Waals surface area contributed by atoms with E-state index in [0.717, 1.165) is 41.9 Å². The van der Waals surface area contributed by atoms with E-state index in [4.69, 9.17) is 0 Å². The molecule has 1 nitrogen and oxygen atoms in total. The molecule has 8 atom stereocenters. The molecule has 3 saturated carbocycles. The molecule has 164 valence electrons. The third kappa shape index (κ3) is 3.81. The van der Waals surface area contributed by atoms with Gasteiger partial charge in [-0.15, -0.1) is 0 Å². The smallest absolute Gasteiger partial charge is 0.187 e. The molecule has 4 aliphatic carbocycles. The molecule has 0 aromatic heterocycles. The second-order valence-electron chi connectivity index (χ2n) is 12.3. The second kappa shape index (κ2) is 8.41. The Hall–Kier alpha value is -0.160. The number of hydrogen-bond acceptors (Lipinski definition) is 1. The van der Waals surface area contributed by atoms with Crippen molar-refractivity contribution >= 4 is 8.46 Å². The van der Waals surface area contributed by atoms with Gasteiger partial charge in [0.15, 0.2) is 8.46 Å². The Labute approximate surface area is 182 Å². The van der Waals surface area contributed by atoms with Crippen molar-refractivity contribution in [3.05, 3.63) is 11.4 Å². The van der Waals surface area contributed by atoms with Gasteiger partial charge in [-0.3, -0.25) is 4.57 Å². The van der Waals surface area contributed by atoms with Crippen LogP contribution in [0.25, 0.3) is 0 Å². The maximum Gasteiger partial charge on any atom is 0.187 e. The average Bonchev–Trinajstić information content (AvgIpc) is 3.04. The molecule has 4 aliphatic rings. The minimum atomic E-state index is 0.282. The van der Waals surface area contributed by atoms with Crippen LogP contribution >= 0.6 is 8.46 Å². The van der Waals surface area contributed by atoms with Gasteiger partial charge >= 0.3 is 0 Å². The molecule has 0 spiro atoms. The van der Waals surface area contributed by atoms with Gasteiger partial charge in [0, 0.05) is 5.31 Å².